The SMILES string of the molecule is CCC/C=C\C/C=C\CCCCCCCC(=O)OCCCCCCCCCCCCCCCCCCCCC(=O)NC(CO)C(O)/C=C/CCCCCCCCCCCCCCCC. The van der Waals surface area contributed by atoms with Crippen molar-refractivity contribution in [1.82, 2.24) is 5.32 Å². The monoisotopic (exact) mass is 900 g/mol. The summed E-state index contributed by atoms with van der Waals surface area (Å²) in [6.45, 7) is 4.83. The average molecular weight is 901 g/mol. The standard InChI is InChI=1S/C58H109NO5/c1-3-5-7-9-11-13-15-17-18-23-27-30-34-38-42-46-50-56(61)55(54-60)59-57(62)51-47-43-39-35-31-28-24-21-19-20-22-25-29-33-37-41-45-49-53-64-58(63)52-48-44-40-36-32-26-16-14-12-10-8-6-4-2/h8,10,14,16,46,50,55-56,60-61H,3-7,9,11-13,15,17-45,47-49,51-54H2,1-2H3,(H,59,62)/b10-8-,16-14-,50-46+. The van der Waals surface area contributed by atoms with Crippen LogP contribution in [0.2, 0.25) is 0 Å². The summed E-state index contributed by atoms with van der Waals surface area (Å²) in [5, 5.41) is 23.1. The predicted molar refractivity (Wildman–Crippen MR) is 278 cm³/mol. The predicted octanol–water partition coefficient (Wildman–Crippen LogP) is 17.2. The lowest BCUT2D eigenvalue weighted by molar-refractivity contribution is -0.143. The van der Waals surface area contributed by atoms with Gasteiger partial charge in [0.05, 0.1) is 25.4 Å². The third-order valence-corrected chi connectivity index (χ3v) is 12.9. The number of aliphatic hydroxyl groups is 2. The van der Waals surface area contributed by atoms with Gasteiger partial charge in [-0.15, -0.1) is 0 Å². The smallest absolute Gasteiger partial charge is 0.305 e. The second kappa shape index (κ2) is 53.7. The van der Waals surface area contributed by atoms with Crippen LogP contribution in [0.4, 0.5) is 0 Å². The van der Waals surface area contributed by atoms with E-state index in [1.54, 1.807) is 6.08 Å². The molecule has 0 spiro atoms. The normalized spacial score (nSPS) is 12.9. The molecule has 6 nitrogen and oxygen atoms in total. The quantitative estimate of drug-likeness (QED) is 0.0321. The fourth-order valence-corrected chi connectivity index (χ4v) is 8.55. The molecular weight excluding hydrogens is 791 g/mol. The summed E-state index contributed by atoms with van der Waals surface area (Å²) >= 11 is 0. The van der Waals surface area contributed by atoms with Crippen LogP contribution in [0.15, 0.2) is 36.5 Å². The van der Waals surface area contributed by atoms with E-state index in [-0.39, 0.29) is 18.5 Å². The Balaban J connectivity index is 3.45. The van der Waals surface area contributed by atoms with Gasteiger partial charge in [-0.05, 0) is 57.8 Å². The summed E-state index contributed by atoms with van der Waals surface area (Å²) < 4.78 is 5.46. The Labute approximate surface area is 398 Å². The van der Waals surface area contributed by atoms with Crippen LogP contribution in [0, 0.1) is 0 Å². The zero-order valence-electron chi connectivity index (χ0n) is 42.8. The third-order valence-electron chi connectivity index (χ3n) is 12.9. The minimum Gasteiger partial charge on any atom is -0.466 e. The van der Waals surface area contributed by atoms with E-state index >= 15 is 0 Å². The number of rotatable bonds is 52. The summed E-state index contributed by atoms with van der Waals surface area (Å²) in [6.07, 6.45) is 65.8. The summed E-state index contributed by atoms with van der Waals surface area (Å²) in [6, 6.07) is -0.631. The highest BCUT2D eigenvalue weighted by Gasteiger charge is 2.18. The van der Waals surface area contributed by atoms with Crippen LogP contribution in [0.1, 0.15) is 296 Å². The number of ether oxygens (including phenoxy) is 1. The van der Waals surface area contributed by atoms with Gasteiger partial charge in [-0.2, -0.15) is 0 Å². The summed E-state index contributed by atoms with van der Waals surface area (Å²) in [5.74, 6) is -0.0807. The number of esters is 1. The van der Waals surface area contributed by atoms with E-state index in [4.69, 9.17) is 4.74 Å². The van der Waals surface area contributed by atoms with Crippen molar-refractivity contribution in [2.45, 2.75) is 309 Å². The third kappa shape index (κ3) is 49.5. The van der Waals surface area contributed by atoms with Gasteiger partial charge in [0.15, 0.2) is 0 Å². The minimum absolute atomic E-state index is 0.00911. The van der Waals surface area contributed by atoms with E-state index in [0.717, 1.165) is 51.4 Å². The average Bonchev–Trinajstić information content (AvgIpc) is 3.29. The van der Waals surface area contributed by atoms with Crippen LogP contribution in [-0.2, 0) is 14.3 Å². The lowest BCUT2D eigenvalue weighted by atomic mass is 10.0. The van der Waals surface area contributed by atoms with Crippen LogP contribution in [-0.4, -0.2) is 47.4 Å². The van der Waals surface area contributed by atoms with Crippen LogP contribution in [0.5, 0.6) is 0 Å². The highest BCUT2D eigenvalue weighted by atomic mass is 16.5. The summed E-state index contributed by atoms with van der Waals surface area (Å²) in [7, 11) is 0. The van der Waals surface area contributed by atoms with Crippen LogP contribution in [0.25, 0.3) is 0 Å². The van der Waals surface area contributed by atoms with Crippen molar-refractivity contribution in [2.24, 2.45) is 0 Å². The molecule has 0 aromatic rings. The van der Waals surface area contributed by atoms with Gasteiger partial charge in [0.25, 0.3) is 0 Å². The summed E-state index contributed by atoms with van der Waals surface area (Å²) in [5.41, 5.74) is 0. The van der Waals surface area contributed by atoms with Gasteiger partial charge < -0.3 is 20.3 Å². The van der Waals surface area contributed by atoms with E-state index < -0.39 is 12.1 Å². The highest BCUT2D eigenvalue weighted by molar-refractivity contribution is 5.76. The Bertz CT molecular complexity index is 1040. The molecule has 0 saturated heterocycles. The Kier molecular flexibility index (Phi) is 52.1. The number of allylic oxidation sites excluding steroid dienone is 5. The number of carbonyl (C=O) groups excluding carboxylic acids is 2. The number of carbonyl (C=O) groups is 2. The van der Waals surface area contributed by atoms with Gasteiger partial charge in [-0.1, -0.05) is 262 Å². The maximum absolute atomic E-state index is 12.5. The number of hydrogen-bond donors (Lipinski definition) is 3. The number of hydrogen-bond acceptors (Lipinski definition) is 5. The molecule has 0 aromatic heterocycles. The molecule has 3 N–H and O–H groups in total. The lowest BCUT2D eigenvalue weighted by Gasteiger charge is -2.20. The van der Waals surface area contributed by atoms with Gasteiger partial charge in [-0.3, -0.25) is 9.59 Å². The maximum atomic E-state index is 12.5. The molecule has 2 unspecified atom stereocenters. The largest absolute Gasteiger partial charge is 0.466 e. The van der Waals surface area contributed by atoms with Crippen LogP contribution in [0.3, 0.4) is 0 Å². The summed E-state index contributed by atoms with van der Waals surface area (Å²) in [4.78, 5) is 24.5. The second-order valence-corrected chi connectivity index (χ2v) is 19.3. The van der Waals surface area contributed by atoms with Gasteiger partial charge in [0.2, 0.25) is 5.91 Å². The maximum Gasteiger partial charge on any atom is 0.305 e. The molecule has 6 heteroatoms. The fourth-order valence-electron chi connectivity index (χ4n) is 8.55. The fraction of sp³-hybridized carbons (Fsp3) is 0.862. The van der Waals surface area contributed by atoms with Crippen molar-refractivity contribution in [2.75, 3.05) is 13.2 Å². The molecule has 0 aromatic carbocycles. The number of amides is 1. The van der Waals surface area contributed by atoms with Crippen molar-refractivity contribution in [3.05, 3.63) is 36.5 Å². The Hall–Kier alpha value is -1.92. The molecule has 0 aliphatic rings. The molecule has 0 bridgehead atoms. The topological polar surface area (TPSA) is 95.9 Å². The van der Waals surface area contributed by atoms with Crippen molar-refractivity contribution in [3.8, 4) is 0 Å². The zero-order valence-corrected chi connectivity index (χ0v) is 42.8. The highest BCUT2D eigenvalue weighted by Crippen LogP contribution is 2.17. The van der Waals surface area contributed by atoms with Crippen molar-refractivity contribution < 1.29 is 24.5 Å². The van der Waals surface area contributed by atoms with Gasteiger partial charge in [-0.25, -0.2) is 0 Å². The van der Waals surface area contributed by atoms with E-state index in [0.29, 0.717) is 19.4 Å². The molecular formula is C58H109NO5. The molecule has 376 valence electrons. The number of nitrogens with one attached hydrogen (secondary N) is 1. The molecule has 0 aliphatic heterocycles. The first-order valence-corrected chi connectivity index (χ1v) is 28.3. The van der Waals surface area contributed by atoms with Gasteiger partial charge in [0, 0.05) is 12.8 Å². The van der Waals surface area contributed by atoms with Gasteiger partial charge >= 0.3 is 5.97 Å². The van der Waals surface area contributed by atoms with Gasteiger partial charge in [0.1, 0.15) is 0 Å². The molecule has 0 heterocycles. The van der Waals surface area contributed by atoms with Crippen molar-refractivity contribution in [3.63, 3.8) is 0 Å². The molecule has 2 atom stereocenters. The van der Waals surface area contributed by atoms with Crippen LogP contribution >= 0.6 is 0 Å². The molecule has 0 rings (SSSR count). The van der Waals surface area contributed by atoms with E-state index in [2.05, 4.69) is 43.5 Å². The molecule has 0 aliphatic carbocycles. The minimum atomic E-state index is -0.847. The van der Waals surface area contributed by atoms with Crippen LogP contribution < -0.4 is 5.32 Å². The first kappa shape index (κ1) is 62.1. The molecule has 0 radical (unpaired) electrons. The first-order chi connectivity index (χ1) is 31.5. The number of unbranched alkanes of at least 4 members (excludes halogenated alkanes) is 37. The molecule has 0 fully saturated rings. The second-order valence-electron chi connectivity index (χ2n) is 19.3. The van der Waals surface area contributed by atoms with E-state index in [1.165, 1.54) is 218 Å². The van der Waals surface area contributed by atoms with Crippen molar-refractivity contribution in [1.29, 1.82) is 0 Å². The Morgan fingerprint density at radius 3 is 1.25 bits per heavy atom. The molecule has 64 heavy (non-hydrogen) atoms. The Morgan fingerprint density at radius 1 is 0.438 bits per heavy atom. The lowest BCUT2D eigenvalue weighted by Crippen LogP contribution is -2.45. The molecule has 1 amide bonds. The Morgan fingerprint density at radius 2 is 0.812 bits per heavy atom. The van der Waals surface area contributed by atoms with E-state index in [9.17, 15) is 19.8 Å². The number of aliphatic hydroxyl groups excluding tert-OH is 2. The molecule has 0 saturated carbocycles. The first-order valence-electron chi connectivity index (χ1n) is 28.3. The zero-order chi connectivity index (χ0) is 46.5. The van der Waals surface area contributed by atoms with E-state index in [1.807, 2.05) is 6.08 Å². The van der Waals surface area contributed by atoms with Crippen molar-refractivity contribution >= 4 is 11.9 Å².